The average Bonchev–Trinajstić information content (AvgIpc) is 3.15. The fourth-order valence-electron chi connectivity index (χ4n) is 3.43. The minimum Gasteiger partial charge on any atom is -0.491 e. The van der Waals surface area contributed by atoms with Gasteiger partial charge in [0.2, 0.25) is 5.82 Å². The molecule has 0 aliphatic rings. The molecule has 1 aromatic carbocycles. The van der Waals surface area contributed by atoms with Gasteiger partial charge in [0.1, 0.15) is 12.4 Å². The van der Waals surface area contributed by atoms with Gasteiger partial charge in [-0.05, 0) is 68.0 Å². The lowest BCUT2D eigenvalue weighted by molar-refractivity contribution is 0.199. The third-order valence-electron chi connectivity index (χ3n) is 4.63. The fourth-order valence-corrected chi connectivity index (χ4v) is 3.43. The van der Waals surface area contributed by atoms with E-state index in [-0.39, 0.29) is 13.2 Å². The molecule has 0 spiro atoms. The highest BCUT2D eigenvalue weighted by atomic mass is 16.5. The normalized spacial score (nSPS) is 11.3. The minimum absolute atomic E-state index is 0.0112. The van der Waals surface area contributed by atoms with Crippen molar-refractivity contribution in [1.82, 2.24) is 15.1 Å². The summed E-state index contributed by atoms with van der Waals surface area (Å²) in [6.07, 6.45) is 1.71. The van der Waals surface area contributed by atoms with Crippen LogP contribution in [0.15, 0.2) is 28.8 Å². The SMILES string of the molecule is CCc1cc(-c2noc(-c3cc(C)nc(CC(C)C)c3)n2)cc(C)c1OCCO. The number of aryl methyl sites for hydroxylation is 3. The van der Waals surface area contributed by atoms with Gasteiger partial charge in [0.25, 0.3) is 5.89 Å². The van der Waals surface area contributed by atoms with Crippen LogP contribution in [0.4, 0.5) is 0 Å². The monoisotopic (exact) mass is 395 g/mol. The van der Waals surface area contributed by atoms with Crippen molar-refractivity contribution < 1.29 is 14.4 Å². The lowest BCUT2D eigenvalue weighted by Crippen LogP contribution is -2.05. The zero-order valence-electron chi connectivity index (χ0n) is 17.8. The van der Waals surface area contributed by atoms with E-state index in [1.807, 2.05) is 38.1 Å². The second-order valence-electron chi connectivity index (χ2n) is 7.72. The zero-order chi connectivity index (χ0) is 21.0. The Morgan fingerprint density at radius 1 is 1.07 bits per heavy atom. The average molecular weight is 396 g/mol. The maximum Gasteiger partial charge on any atom is 0.258 e. The van der Waals surface area contributed by atoms with Crippen LogP contribution in [0, 0.1) is 19.8 Å². The smallest absolute Gasteiger partial charge is 0.258 e. The number of benzene rings is 1. The van der Waals surface area contributed by atoms with Crippen LogP contribution in [0.1, 0.15) is 43.3 Å². The van der Waals surface area contributed by atoms with Crippen molar-refractivity contribution in [2.24, 2.45) is 5.92 Å². The molecule has 0 atom stereocenters. The Hall–Kier alpha value is -2.73. The van der Waals surface area contributed by atoms with Crippen LogP contribution in [-0.2, 0) is 12.8 Å². The molecule has 0 aliphatic heterocycles. The predicted octanol–water partition coefficient (Wildman–Crippen LogP) is 4.55. The number of aliphatic hydroxyl groups is 1. The Kier molecular flexibility index (Phi) is 6.64. The summed E-state index contributed by atoms with van der Waals surface area (Å²) in [4.78, 5) is 9.25. The molecule has 0 unspecified atom stereocenters. The number of pyridine rings is 1. The van der Waals surface area contributed by atoms with Gasteiger partial charge >= 0.3 is 0 Å². The molecule has 3 rings (SSSR count). The van der Waals surface area contributed by atoms with E-state index in [0.717, 1.165) is 52.2 Å². The highest BCUT2D eigenvalue weighted by molar-refractivity contribution is 5.64. The van der Waals surface area contributed by atoms with E-state index in [4.69, 9.17) is 14.4 Å². The first kappa shape index (κ1) is 21.0. The first-order chi connectivity index (χ1) is 13.9. The quantitative estimate of drug-likeness (QED) is 0.603. The van der Waals surface area contributed by atoms with E-state index in [9.17, 15) is 0 Å². The second-order valence-corrected chi connectivity index (χ2v) is 7.72. The zero-order valence-corrected chi connectivity index (χ0v) is 17.8. The van der Waals surface area contributed by atoms with Gasteiger partial charge in [0, 0.05) is 22.5 Å². The Balaban J connectivity index is 1.94. The van der Waals surface area contributed by atoms with E-state index < -0.39 is 0 Å². The molecular weight excluding hydrogens is 366 g/mol. The molecule has 0 saturated carbocycles. The van der Waals surface area contributed by atoms with Crippen LogP contribution in [0.5, 0.6) is 5.75 Å². The van der Waals surface area contributed by atoms with E-state index in [1.165, 1.54) is 0 Å². The van der Waals surface area contributed by atoms with E-state index in [2.05, 4.69) is 35.9 Å². The van der Waals surface area contributed by atoms with Gasteiger partial charge < -0.3 is 14.4 Å². The van der Waals surface area contributed by atoms with Crippen molar-refractivity contribution >= 4 is 0 Å². The van der Waals surface area contributed by atoms with Crippen molar-refractivity contribution in [2.45, 2.75) is 47.5 Å². The number of aliphatic hydroxyl groups excluding tert-OH is 1. The molecule has 0 aliphatic carbocycles. The van der Waals surface area contributed by atoms with Gasteiger partial charge in [-0.3, -0.25) is 4.98 Å². The van der Waals surface area contributed by atoms with Crippen LogP contribution in [0.3, 0.4) is 0 Å². The summed E-state index contributed by atoms with van der Waals surface area (Å²) in [5, 5.41) is 13.3. The Bertz CT molecular complexity index is 979. The first-order valence-corrected chi connectivity index (χ1v) is 10.1. The van der Waals surface area contributed by atoms with Crippen molar-refractivity contribution in [3.05, 3.63) is 46.8 Å². The highest BCUT2D eigenvalue weighted by Gasteiger charge is 2.16. The standard InChI is InChI=1S/C23H29N3O3/c1-6-17-12-18(10-15(4)21(17)28-8-7-27)22-25-23(29-26-22)19-11-16(5)24-20(13-19)9-14(2)3/h10-14,27H,6-9H2,1-5H3. The molecule has 6 nitrogen and oxygen atoms in total. The van der Waals surface area contributed by atoms with E-state index in [1.54, 1.807) is 0 Å². The molecule has 154 valence electrons. The van der Waals surface area contributed by atoms with Crippen LogP contribution in [-0.4, -0.2) is 33.4 Å². The third-order valence-corrected chi connectivity index (χ3v) is 4.63. The number of hydrogen-bond donors (Lipinski definition) is 1. The van der Waals surface area contributed by atoms with Crippen molar-refractivity contribution in [2.75, 3.05) is 13.2 Å². The van der Waals surface area contributed by atoms with Crippen LogP contribution in [0.25, 0.3) is 22.8 Å². The molecule has 29 heavy (non-hydrogen) atoms. The number of ether oxygens (including phenoxy) is 1. The second kappa shape index (κ2) is 9.18. The lowest BCUT2D eigenvalue weighted by Gasteiger charge is -2.13. The Labute approximate surface area is 172 Å². The molecule has 3 aromatic rings. The first-order valence-electron chi connectivity index (χ1n) is 10.1. The lowest BCUT2D eigenvalue weighted by atomic mass is 10.0. The highest BCUT2D eigenvalue weighted by Crippen LogP contribution is 2.31. The van der Waals surface area contributed by atoms with Crippen molar-refractivity contribution in [3.8, 4) is 28.6 Å². The molecule has 2 heterocycles. The summed E-state index contributed by atoms with van der Waals surface area (Å²) in [6.45, 7) is 10.7. The number of rotatable bonds is 8. The summed E-state index contributed by atoms with van der Waals surface area (Å²) in [7, 11) is 0. The molecule has 0 bridgehead atoms. The molecule has 2 aromatic heterocycles. The fraction of sp³-hybridized carbons (Fsp3) is 0.435. The number of aromatic nitrogens is 3. The van der Waals surface area contributed by atoms with Crippen LogP contribution in [0.2, 0.25) is 0 Å². The molecule has 0 radical (unpaired) electrons. The van der Waals surface area contributed by atoms with Crippen molar-refractivity contribution in [1.29, 1.82) is 0 Å². The van der Waals surface area contributed by atoms with Gasteiger partial charge in [-0.25, -0.2) is 0 Å². The van der Waals surface area contributed by atoms with E-state index >= 15 is 0 Å². The molecule has 0 saturated heterocycles. The molecular formula is C23H29N3O3. The van der Waals surface area contributed by atoms with Gasteiger partial charge in [-0.1, -0.05) is 25.9 Å². The Morgan fingerprint density at radius 2 is 1.86 bits per heavy atom. The van der Waals surface area contributed by atoms with Crippen LogP contribution >= 0.6 is 0 Å². The maximum atomic E-state index is 9.05. The summed E-state index contributed by atoms with van der Waals surface area (Å²) >= 11 is 0. The maximum absolute atomic E-state index is 9.05. The van der Waals surface area contributed by atoms with Gasteiger partial charge in [0.05, 0.1) is 6.61 Å². The van der Waals surface area contributed by atoms with Gasteiger partial charge in [0.15, 0.2) is 0 Å². The molecule has 0 fully saturated rings. The number of hydrogen-bond acceptors (Lipinski definition) is 6. The van der Waals surface area contributed by atoms with Crippen LogP contribution < -0.4 is 4.74 Å². The molecule has 1 N–H and O–H groups in total. The van der Waals surface area contributed by atoms with Gasteiger partial charge in [-0.2, -0.15) is 4.98 Å². The number of nitrogens with zero attached hydrogens (tertiary/aromatic N) is 3. The van der Waals surface area contributed by atoms with E-state index in [0.29, 0.717) is 17.6 Å². The minimum atomic E-state index is -0.0112. The largest absolute Gasteiger partial charge is 0.491 e. The summed E-state index contributed by atoms with van der Waals surface area (Å²) in [6, 6.07) is 8.01. The van der Waals surface area contributed by atoms with Gasteiger partial charge in [-0.15, -0.1) is 0 Å². The summed E-state index contributed by atoms with van der Waals surface area (Å²) < 4.78 is 11.3. The molecule has 0 amide bonds. The predicted molar refractivity (Wildman–Crippen MR) is 113 cm³/mol. The topological polar surface area (TPSA) is 81.3 Å². The molecule has 6 heteroatoms. The van der Waals surface area contributed by atoms with Crippen molar-refractivity contribution in [3.63, 3.8) is 0 Å². The summed E-state index contributed by atoms with van der Waals surface area (Å²) in [5.74, 6) is 2.38. The summed E-state index contributed by atoms with van der Waals surface area (Å²) in [5.41, 5.74) is 5.79. The Morgan fingerprint density at radius 3 is 2.55 bits per heavy atom. The third kappa shape index (κ3) is 5.01.